The number of aliphatic hydroxyl groups excluding tert-OH is 2. The summed E-state index contributed by atoms with van der Waals surface area (Å²) >= 11 is 5.78. The van der Waals surface area contributed by atoms with Crippen LogP contribution in [0.2, 0.25) is 5.02 Å². The number of nitrogens with two attached hydrogens (primary N) is 1. The molecule has 0 aliphatic carbocycles. The molecule has 1 saturated heterocycles. The summed E-state index contributed by atoms with van der Waals surface area (Å²) < 4.78 is 6.49. The molecule has 1 aromatic heterocycles. The van der Waals surface area contributed by atoms with Gasteiger partial charge in [0.2, 0.25) is 0 Å². The summed E-state index contributed by atoms with van der Waals surface area (Å²) in [7, 11) is 0. The number of ether oxygens (including phenoxy) is 1. The van der Waals surface area contributed by atoms with Gasteiger partial charge in [0.25, 0.3) is 0 Å². The fourth-order valence-electron chi connectivity index (χ4n) is 1.90. The van der Waals surface area contributed by atoms with E-state index in [9.17, 15) is 15.0 Å². The molecule has 7 nitrogen and oxygen atoms in total. The van der Waals surface area contributed by atoms with Crippen LogP contribution in [0.1, 0.15) is 12.6 Å². The molecule has 2 heterocycles. The number of hydrogen-bond donors (Lipinski definition) is 3. The van der Waals surface area contributed by atoms with Crippen LogP contribution in [-0.2, 0) is 4.74 Å². The molecule has 1 aliphatic heterocycles. The number of nitrogens with zero attached hydrogens (tertiary/aromatic N) is 2. The maximum Gasteiger partial charge on any atom is 0.351 e. The second kappa shape index (κ2) is 4.83. The van der Waals surface area contributed by atoms with Gasteiger partial charge in [0, 0.05) is 12.6 Å². The fraction of sp³-hybridized carbons (Fsp3) is 0.455. The molecule has 2 rings (SSSR count). The van der Waals surface area contributed by atoms with Crippen molar-refractivity contribution in [1.82, 2.24) is 9.55 Å². The lowest BCUT2D eigenvalue weighted by atomic mass is 9.99. The van der Waals surface area contributed by atoms with Crippen LogP contribution in [0.4, 0.5) is 5.82 Å². The molecule has 19 heavy (non-hydrogen) atoms. The van der Waals surface area contributed by atoms with Gasteiger partial charge in [-0.25, -0.2) is 4.79 Å². The molecule has 3 atom stereocenters. The van der Waals surface area contributed by atoms with Crippen LogP contribution in [0, 0.1) is 12.3 Å². The number of aromatic nitrogens is 2. The first kappa shape index (κ1) is 13.8. The molecule has 1 fully saturated rings. The van der Waals surface area contributed by atoms with E-state index in [0.29, 0.717) is 0 Å². The first-order valence-electron chi connectivity index (χ1n) is 5.42. The van der Waals surface area contributed by atoms with Gasteiger partial charge < -0.3 is 20.7 Å². The molecule has 0 saturated carbocycles. The maximum atomic E-state index is 11.7. The number of aliphatic hydroxyl groups is 2. The van der Waals surface area contributed by atoms with Crippen molar-refractivity contribution >= 4 is 17.4 Å². The van der Waals surface area contributed by atoms with E-state index in [0.717, 1.165) is 4.57 Å². The standard InChI is InChI=1S/C11H12ClN3O4/c1-2-11(5-16)7(17)3-8(19-11)15-4-6(12)9(13)14-10(15)18/h1,4,7-8,16-17H,3,5H2,(H2,13,14,18)/t7-,8+,11+/m0/s1. The zero-order valence-corrected chi connectivity index (χ0v) is 10.5. The largest absolute Gasteiger partial charge is 0.392 e. The van der Waals surface area contributed by atoms with Gasteiger partial charge in [-0.3, -0.25) is 4.57 Å². The second-order valence-corrected chi connectivity index (χ2v) is 4.59. The van der Waals surface area contributed by atoms with Crippen molar-refractivity contribution < 1.29 is 14.9 Å². The van der Waals surface area contributed by atoms with Crippen LogP contribution in [0.3, 0.4) is 0 Å². The van der Waals surface area contributed by atoms with Gasteiger partial charge in [0.15, 0.2) is 5.60 Å². The highest BCUT2D eigenvalue weighted by atomic mass is 35.5. The predicted octanol–water partition coefficient (Wildman–Crippen LogP) is -0.877. The Morgan fingerprint density at radius 3 is 3.00 bits per heavy atom. The molecule has 0 spiro atoms. The molecule has 1 aliphatic rings. The topological polar surface area (TPSA) is 111 Å². The summed E-state index contributed by atoms with van der Waals surface area (Å²) in [6.45, 7) is -0.563. The monoisotopic (exact) mass is 285 g/mol. The van der Waals surface area contributed by atoms with Gasteiger partial charge in [0.1, 0.15) is 18.1 Å². The minimum atomic E-state index is -1.53. The van der Waals surface area contributed by atoms with Gasteiger partial charge in [-0.15, -0.1) is 6.42 Å². The number of rotatable bonds is 2. The maximum absolute atomic E-state index is 11.7. The summed E-state index contributed by atoms with van der Waals surface area (Å²) in [5, 5.41) is 19.2. The zero-order valence-electron chi connectivity index (χ0n) is 9.78. The van der Waals surface area contributed by atoms with Crippen LogP contribution in [-0.4, -0.2) is 38.1 Å². The Balaban J connectivity index is 2.39. The van der Waals surface area contributed by atoms with Gasteiger partial charge in [-0.2, -0.15) is 4.98 Å². The van der Waals surface area contributed by atoms with E-state index in [2.05, 4.69) is 10.9 Å². The number of halogens is 1. The summed E-state index contributed by atoms with van der Waals surface area (Å²) in [4.78, 5) is 15.2. The molecule has 1 aromatic rings. The normalized spacial score (nSPS) is 30.2. The molecule has 0 unspecified atom stereocenters. The summed E-state index contributed by atoms with van der Waals surface area (Å²) in [5.74, 6) is 2.12. The predicted molar refractivity (Wildman–Crippen MR) is 67.3 cm³/mol. The van der Waals surface area contributed by atoms with Crippen molar-refractivity contribution in [2.45, 2.75) is 24.4 Å². The Bertz CT molecular complexity index is 597. The first-order valence-corrected chi connectivity index (χ1v) is 5.80. The molecule has 0 bridgehead atoms. The molecule has 4 N–H and O–H groups in total. The van der Waals surface area contributed by atoms with E-state index >= 15 is 0 Å². The Morgan fingerprint density at radius 1 is 1.79 bits per heavy atom. The van der Waals surface area contributed by atoms with Crippen LogP contribution in [0.15, 0.2) is 11.0 Å². The third-order valence-corrected chi connectivity index (χ3v) is 3.32. The van der Waals surface area contributed by atoms with Gasteiger partial charge >= 0.3 is 5.69 Å². The summed E-state index contributed by atoms with van der Waals surface area (Å²) in [5.41, 5.74) is 3.20. The van der Waals surface area contributed by atoms with E-state index in [-0.39, 0.29) is 17.3 Å². The third kappa shape index (κ3) is 2.19. The fourth-order valence-corrected chi connectivity index (χ4v) is 2.05. The molecule has 0 amide bonds. The number of hydrogen-bond acceptors (Lipinski definition) is 6. The Kier molecular flexibility index (Phi) is 3.52. The van der Waals surface area contributed by atoms with E-state index in [1.165, 1.54) is 6.20 Å². The number of nitrogen functional groups attached to an aromatic ring is 1. The van der Waals surface area contributed by atoms with E-state index in [1.54, 1.807) is 0 Å². The van der Waals surface area contributed by atoms with Crippen molar-refractivity contribution in [1.29, 1.82) is 0 Å². The highest BCUT2D eigenvalue weighted by Crippen LogP contribution is 2.35. The highest BCUT2D eigenvalue weighted by Gasteiger charge is 2.47. The van der Waals surface area contributed by atoms with Crippen molar-refractivity contribution in [3.63, 3.8) is 0 Å². The van der Waals surface area contributed by atoms with Gasteiger partial charge in [-0.05, 0) is 0 Å². The van der Waals surface area contributed by atoms with E-state index in [4.69, 9.17) is 28.5 Å². The lowest BCUT2D eigenvalue weighted by Crippen LogP contribution is -2.41. The highest BCUT2D eigenvalue weighted by molar-refractivity contribution is 6.32. The zero-order chi connectivity index (χ0) is 14.2. The Morgan fingerprint density at radius 2 is 2.47 bits per heavy atom. The summed E-state index contributed by atoms with van der Waals surface area (Å²) in [6.07, 6.45) is 4.58. The lowest BCUT2D eigenvalue weighted by Gasteiger charge is -2.23. The molecule has 0 aromatic carbocycles. The van der Waals surface area contributed by atoms with Crippen LogP contribution in [0.5, 0.6) is 0 Å². The van der Waals surface area contributed by atoms with Crippen LogP contribution < -0.4 is 11.4 Å². The molecular formula is C11H12ClN3O4. The smallest absolute Gasteiger partial charge is 0.351 e. The quantitative estimate of drug-likeness (QED) is 0.609. The number of terminal acetylenes is 1. The van der Waals surface area contributed by atoms with Crippen LogP contribution >= 0.6 is 11.6 Å². The van der Waals surface area contributed by atoms with Crippen LogP contribution in [0.25, 0.3) is 0 Å². The lowest BCUT2D eigenvalue weighted by molar-refractivity contribution is -0.0912. The minimum absolute atomic E-state index is 0.0343. The first-order chi connectivity index (χ1) is 8.93. The van der Waals surface area contributed by atoms with Crippen molar-refractivity contribution in [3.8, 4) is 12.3 Å². The molecule has 0 radical (unpaired) electrons. The minimum Gasteiger partial charge on any atom is -0.392 e. The Hall–Kier alpha value is -1.59. The number of anilines is 1. The van der Waals surface area contributed by atoms with Gasteiger partial charge in [-0.1, -0.05) is 17.5 Å². The van der Waals surface area contributed by atoms with Crippen molar-refractivity contribution in [2.24, 2.45) is 0 Å². The third-order valence-electron chi connectivity index (χ3n) is 3.03. The molecular weight excluding hydrogens is 274 g/mol. The SMILES string of the molecule is C#C[C@]1(CO)O[C@@H](n2cc(Cl)c(N)nc2=O)C[C@@H]1O. The Labute approximate surface area is 113 Å². The van der Waals surface area contributed by atoms with Crippen molar-refractivity contribution in [2.75, 3.05) is 12.3 Å². The van der Waals surface area contributed by atoms with Gasteiger partial charge in [0.05, 0.1) is 11.6 Å². The average molecular weight is 286 g/mol. The van der Waals surface area contributed by atoms with E-state index in [1.807, 2.05) is 0 Å². The summed E-state index contributed by atoms with van der Waals surface area (Å²) in [6, 6.07) is 0. The van der Waals surface area contributed by atoms with Crippen molar-refractivity contribution in [3.05, 3.63) is 21.7 Å². The molecule has 8 heteroatoms. The average Bonchev–Trinajstić information content (AvgIpc) is 2.71. The van der Waals surface area contributed by atoms with E-state index < -0.39 is 30.2 Å². The second-order valence-electron chi connectivity index (χ2n) is 4.18. The molecule has 102 valence electrons.